The van der Waals surface area contributed by atoms with E-state index in [1.807, 2.05) is 0 Å². The quantitative estimate of drug-likeness (QED) is 0.826. The van der Waals surface area contributed by atoms with Crippen LogP contribution in [0.2, 0.25) is 0 Å². The lowest BCUT2D eigenvalue weighted by molar-refractivity contribution is 0.272. The van der Waals surface area contributed by atoms with Gasteiger partial charge in [-0.15, -0.1) is 0 Å². The standard InChI is InChI=1S/C11H16BrN3/c1-8(2)15-4-3-9(7-15)11-5-10(12)6-13-14-11/h5-6,8-9H,3-4,7H2,1-2H3. The molecule has 3 nitrogen and oxygen atoms in total. The molecule has 1 aromatic heterocycles. The van der Waals surface area contributed by atoms with Gasteiger partial charge in [0.25, 0.3) is 0 Å². The van der Waals surface area contributed by atoms with Crippen molar-refractivity contribution in [2.75, 3.05) is 13.1 Å². The molecule has 15 heavy (non-hydrogen) atoms. The van der Waals surface area contributed by atoms with Crippen LogP contribution in [0.25, 0.3) is 0 Å². The number of rotatable bonds is 2. The van der Waals surface area contributed by atoms with Crippen LogP contribution in [0.15, 0.2) is 16.7 Å². The number of hydrogen-bond acceptors (Lipinski definition) is 3. The van der Waals surface area contributed by atoms with E-state index in [9.17, 15) is 0 Å². The smallest absolute Gasteiger partial charge is 0.0686 e. The molecular weight excluding hydrogens is 254 g/mol. The normalized spacial score (nSPS) is 22.5. The third kappa shape index (κ3) is 2.55. The molecule has 1 unspecified atom stereocenters. The van der Waals surface area contributed by atoms with Crippen molar-refractivity contribution in [3.05, 3.63) is 22.4 Å². The largest absolute Gasteiger partial charge is 0.300 e. The van der Waals surface area contributed by atoms with E-state index in [1.54, 1.807) is 6.20 Å². The van der Waals surface area contributed by atoms with Gasteiger partial charge in [0.15, 0.2) is 0 Å². The summed E-state index contributed by atoms with van der Waals surface area (Å²) in [4.78, 5) is 2.49. The van der Waals surface area contributed by atoms with Gasteiger partial charge in [0.2, 0.25) is 0 Å². The molecule has 2 rings (SSSR count). The SMILES string of the molecule is CC(C)N1CCC(c2cc(Br)cnn2)C1. The summed E-state index contributed by atoms with van der Waals surface area (Å²) < 4.78 is 1.02. The molecule has 1 fully saturated rings. The summed E-state index contributed by atoms with van der Waals surface area (Å²) in [6.07, 6.45) is 2.93. The maximum Gasteiger partial charge on any atom is 0.0686 e. The third-order valence-electron chi connectivity index (χ3n) is 3.01. The molecule has 82 valence electrons. The van der Waals surface area contributed by atoms with Crippen molar-refractivity contribution in [2.24, 2.45) is 0 Å². The molecule has 0 aromatic carbocycles. The number of halogens is 1. The Morgan fingerprint density at radius 1 is 1.53 bits per heavy atom. The summed E-state index contributed by atoms with van der Waals surface area (Å²) in [5.41, 5.74) is 1.12. The van der Waals surface area contributed by atoms with E-state index in [0.29, 0.717) is 12.0 Å². The van der Waals surface area contributed by atoms with Gasteiger partial charge in [0, 0.05) is 23.0 Å². The van der Waals surface area contributed by atoms with Crippen molar-refractivity contribution < 1.29 is 0 Å². The molecule has 2 heterocycles. The van der Waals surface area contributed by atoms with Crippen LogP contribution in [0, 0.1) is 0 Å². The van der Waals surface area contributed by atoms with Crippen molar-refractivity contribution >= 4 is 15.9 Å². The Morgan fingerprint density at radius 3 is 2.93 bits per heavy atom. The Bertz CT molecular complexity index is 340. The van der Waals surface area contributed by atoms with Crippen molar-refractivity contribution in [1.29, 1.82) is 0 Å². The minimum atomic E-state index is 0.553. The van der Waals surface area contributed by atoms with E-state index >= 15 is 0 Å². The zero-order chi connectivity index (χ0) is 10.8. The zero-order valence-corrected chi connectivity index (χ0v) is 10.7. The van der Waals surface area contributed by atoms with Gasteiger partial charge in [-0.1, -0.05) is 0 Å². The second-order valence-corrected chi connectivity index (χ2v) is 5.29. The van der Waals surface area contributed by atoms with Gasteiger partial charge in [0.1, 0.15) is 0 Å². The van der Waals surface area contributed by atoms with Gasteiger partial charge in [-0.2, -0.15) is 10.2 Å². The number of nitrogens with zero attached hydrogens (tertiary/aromatic N) is 3. The molecule has 1 atom stereocenters. The minimum absolute atomic E-state index is 0.553. The van der Waals surface area contributed by atoms with Crippen LogP contribution in [0.4, 0.5) is 0 Å². The summed E-state index contributed by atoms with van der Waals surface area (Å²) in [6, 6.07) is 2.72. The average molecular weight is 270 g/mol. The fraction of sp³-hybridized carbons (Fsp3) is 0.636. The van der Waals surface area contributed by atoms with Crippen LogP contribution >= 0.6 is 15.9 Å². The number of hydrogen-bond donors (Lipinski definition) is 0. The average Bonchev–Trinajstić information content (AvgIpc) is 2.66. The van der Waals surface area contributed by atoms with E-state index in [0.717, 1.165) is 16.7 Å². The molecule has 1 saturated heterocycles. The molecule has 0 aliphatic carbocycles. The predicted molar refractivity (Wildman–Crippen MR) is 63.8 cm³/mol. The van der Waals surface area contributed by atoms with E-state index in [1.165, 1.54) is 13.0 Å². The van der Waals surface area contributed by atoms with Crippen LogP contribution in [-0.2, 0) is 0 Å². The molecule has 1 aliphatic rings. The molecule has 0 spiro atoms. The van der Waals surface area contributed by atoms with Gasteiger partial charge >= 0.3 is 0 Å². The maximum absolute atomic E-state index is 4.21. The van der Waals surface area contributed by atoms with Gasteiger partial charge in [-0.3, -0.25) is 0 Å². The van der Waals surface area contributed by atoms with Gasteiger partial charge in [0.05, 0.1) is 11.9 Å². The van der Waals surface area contributed by atoms with Crippen LogP contribution < -0.4 is 0 Å². The van der Waals surface area contributed by atoms with E-state index in [4.69, 9.17) is 0 Å². The van der Waals surface area contributed by atoms with Crippen molar-refractivity contribution in [3.63, 3.8) is 0 Å². The van der Waals surface area contributed by atoms with E-state index in [-0.39, 0.29) is 0 Å². The van der Waals surface area contributed by atoms with Gasteiger partial charge in [-0.25, -0.2) is 0 Å². The predicted octanol–water partition coefficient (Wildman–Crippen LogP) is 2.44. The van der Waals surface area contributed by atoms with Crippen LogP contribution in [-0.4, -0.2) is 34.2 Å². The molecule has 4 heteroatoms. The fourth-order valence-corrected chi connectivity index (χ4v) is 2.38. The second kappa shape index (κ2) is 4.58. The minimum Gasteiger partial charge on any atom is -0.300 e. The Labute approximate surface area is 99.0 Å². The lowest BCUT2D eigenvalue weighted by atomic mass is 10.1. The first-order valence-electron chi connectivity index (χ1n) is 5.39. The van der Waals surface area contributed by atoms with Crippen molar-refractivity contribution in [3.8, 4) is 0 Å². The highest BCUT2D eigenvalue weighted by molar-refractivity contribution is 9.10. The lowest BCUT2D eigenvalue weighted by Gasteiger charge is -2.19. The van der Waals surface area contributed by atoms with Gasteiger partial charge in [-0.05, 0) is 48.8 Å². The Kier molecular flexibility index (Phi) is 3.36. The van der Waals surface area contributed by atoms with Crippen LogP contribution in [0.1, 0.15) is 31.9 Å². The molecule has 1 aliphatic heterocycles. The Balaban J connectivity index is 2.08. The summed E-state index contributed by atoms with van der Waals surface area (Å²) in [6.45, 7) is 6.78. The van der Waals surface area contributed by atoms with Crippen molar-refractivity contribution in [2.45, 2.75) is 32.2 Å². The Hall–Kier alpha value is -0.480. The molecule has 0 amide bonds. The highest BCUT2D eigenvalue weighted by Crippen LogP contribution is 2.27. The van der Waals surface area contributed by atoms with E-state index in [2.05, 4.69) is 50.9 Å². The fourth-order valence-electron chi connectivity index (χ4n) is 2.06. The molecule has 0 radical (unpaired) electrons. The first-order valence-corrected chi connectivity index (χ1v) is 6.18. The first kappa shape index (κ1) is 11.0. The zero-order valence-electron chi connectivity index (χ0n) is 9.15. The maximum atomic E-state index is 4.21. The summed E-state index contributed by atoms with van der Waals surface area (Å²) in [5, 5.41) is 8.19. The summed E-state index contributed by atoms with van der Waals surface area (Å²) in [7, 11) is 0. The Morgan fingerprint density at radius 2 is 2.33 bits per heavy atom. The monoisotopic (exact) mass is 269 g/mol. The van der Waals surface area contributed by atoms with E-state index < -0.39 is 0 Å². The molecule has 0 bridgehead atoms. The summed E-state index contributed by atoms with van der Waals surface area (Å²) >= 11 is 3.44. The molecular formula is C11H16BrN3. The topological polar surface area (TPSA) is 29.0 Å². The second-order valence-electron chi connectivity index (χ2n) is 4.37. The van der Waals surface area contributed by atoms with Gasteiger partial charge < -0.3 is 4.90 Å². The van der Waals surface area contributed by atoms with Crippen LogP contribution in [0.5, 0.6) is 0 Å². The number of aromatic nitrogens is 2. The molecule has 0 N–H and O–H groups in total. The molecule has 0 saturated carbocycles. The third-order valence-corrected chi connectivity index (χ3v) is 3.44. The van der Waals surface area contributed by atoms with Crippen molar-refractivity contribution in [1.82, 2.24) is 15.1 Å². The van der Waals surface area contributed by atoms with Crippen LogP contribution in [0.3, 0.4) is 0 Å². The highest BCUT2D eigenvalue weighted by atomic mass is 79.9. The molecule has 1 aromatic rings. The number of likely N-dealkylation sites (tertiary alicyclic amines) is 1. The highest BCUT2D eigenvalue weighted by Gasteiger charge is 2.26. The summed E-state index contributed by atoms with van der Waals surface area (Å²) in [5.74, 6) is 0.553. The lowest BCUT2D eigenvalue weighted by Crippen LogP contribution is -2.28. The first-order chi connectivity index (χ1) is 7.16.